The summed E-state index contributed by atoms with van der Waals surface area (Å²) in [4.78, 5) is 0. The SMILES string of the molecule is CCCCCC.Cl.[Ti]. The Morgan fingerprint density at radius 2 is 1.12 bits per heavy atom. The van der Waals surface area contributed by atoms with E-state index in [-0.39, 0.29) is 34.1 Å². The first-order valence-electron chi connectivity index (χ1n) is 2.91. The molecule has 0 unspecified atom stereocenters. The Morgan fingerprint density at radius 1 is 0.875 bits per heavy atom. The summed E-state index contributed by atoms with van der Waals surface area (Å²) in [6, 6.07) is 0. The molecule has 0 N–H and O–H groups in total. The van der Waals surface area contributed by atoms with Crippen LogP contribution in [-0.2, 0) is 21.7 Å². The van der Waals surface area contributed by atoms with Crippen LogP contribution in [0.3, 0.4) is 0 Å². The van der Waals surface area contributed by atoms with Crippen LogP contribution < -0.4 is 0 Å². The number of rotatable bonds is 3. The van der Waals surface area contributed by atoms with Gasteiger partial charge in [-0.3, -0.25) is 0 Å². The standard InChI is InChI=1S/C6H14.ClH.Ti/c1-3-5-6-4-2;;/h3-6H2,1-2H3;1H;. The third-order valence-corrected chi connectivity index (χ3v) is 0.957. The average molecular weight is 171 g/mol. The Kier molecular flexibility index (Phi) is 31.4. The molecule has 0 rings (SSSR count). The van der Waals surface area contributed by atoms with Crippen LogP contribution in [0.2, 0.25) is 0 Å². The van der Waals surface area contributed by atoms with Crippen molar-refractivity contribution in [2.75, 3.05) is 0 Å². The molecule has 0 fully saturated rings. The topological polar surface area (TPSA) is 0 Å². The van der Waals surface area contributed by atoms with Crippen LogP contribution in [0, 0.1) is 0 Å². The van der Waals surface area contributed by atoms with Crippen molar-refractivity contribution in [1.29, 1.82) is 0 Å². The van der Waals surface area contributed by atoms with Crippen LogP contribution in [0.15, 0.2) is 0 Å². The summed E-state index contributed by atoms with van der Waals surface area (Å²) in [6.07, 6.45) is 5.54. The summed E-state index contributed by atoms with van der Waals surface area (Å²) in [5.41, 5.74) is 0. The quantitative estimate of drug-likeness (QED) is 0.451. The minimum absolute atomic E-state index is 0. The molecule has 0 aliphatic carbocycles. The van der Waals surface area contributed by atoms with Gasteiger partial charge in [-0.15, -0.1) is 12.4 Å². The molecule has 0 aliphatic rings. The Hall–Kier alpha value is 1.00. The van der Waals surface area contributed by atoms with Crippen molar-refractivity contribution in [2.24, 2.45) is 0 Å². The maximum absolute atomic E-state index is 2.23. The van der Waals surface area contributed by atoms with Gasteiger partial charge in [0.1, 0.15) is 0 Å². The summed E-state index contributed by atoms with van der Waals surface area (Å²) in [6.45, 7) is 4.46. The van der Waals surface area contributed by atoms with Gasteiger partial charge in [-0.05, 0) is 0 Å². The normalized spacial score (nSPS) is 6.75. The van der Waals surface area contributed by atoms with Crippen LogP contribution in [0.4, 0.5) is 0 Å². The number of hydrogen-bond donors (Lipinski definition) is 0. The van der Waals surface area contributed by atoms with E-state index >= 15 is 0 Å². The molecule has 0 nitrogen and oxygen atoms in total. The fraction of sp³-hybridized carbons (Fsp3) is 1.00. The van der Waals surface area contributed by atoms with E-state index in [2.05, 4.69) is 13.8 Å². The number of unbranched alkanes of at least 4 members (excludes halogenated alkanes) is 3. The molecule has 2 heteroatoms. The summed E-state index contributed by atoms with van der Waals surface area (Å²) < 4.78 is 0. The smallest absolute Gasteiger partial charge is 0 e. The molecule has 50 valence electrons. The van der Waals surface area contributed by atoms with Crippen LogP contribution >= 0.6 is 12.4 Å². The molecule has 0 radical (unpaired) electrons. The van der Waals surface area contributed by atoms with Crippen molar-refractivity contribution in [2.45, 2.75) is 39.5 Å². The molecular weight excluding hydrogens is 155 g/mol. The monoisotopic (exact) mass is 170 g/mol. The van der Waals surface area contributed by atoms with Gasteiger partial charge in [0.2, 0.25) is 0 Å². The molecule has 0 aromatic heterocycles. The Morgan fingerprint density at radius 3 is 1.25 bits per heavy atom. The van der Waals surface area contributed by atoms with E-state index in [0.717, 1.165) is 0 Å². The fourth-order valence-electron chi connectivity index (χ4n) is 0.500. The maximum atomic E-state index is 2.23. The minimum Gasteiger partial charge on any atom is -0.147 e. The second kappa shape index (κ2) is 15.7. The molecule has 0 saturated heterocycles. The summed E-state index contributed by atoms with van der Waals surface area (Å²) in [5.74, 6) is 0. The zero-order chi connectivity index (χ0) is 4.83. The third-order valence-electron chi connectivity index (χ3n) is 0.957. The zero-order valence-corrected chi connectivity index (χ0v) is 8.11. The van der Waals surface area contributed by atoms with Gasteiger partial charge in [-0.2, -0.15) is 0 Å². The van der Waals surface area contributed by atoms with Crippen molar-refractivity contribution in [3.63, 3.8) is 0 Å². The van der Waals surface area contributed by atoms with E-state index in [0.29, 0.717) is 0 Å². The molecule has 0 heterocycles. The van der Waals surface area contributed by atoms with Gasteiger partial charge in [0, 0.05) is 21.7 Å². The second-order valence-corrected chi connectivity index (χ2v) is 1.71. The van der Waals surface area contributed by atoms with Crippen molar-refractivity contribution in [3.05, 3.63) is 0 Å². The van der Waals surface area contributed by atoms with Gasteiger partial charge in [0.05, 0.1) is 0 Å². The average Bonchev–Trinajstić information content (AvgIpc) is 1.61. The van der Waals surface area contributed by atoms with Crippen molar-refractivity contribution in [1.82, 2.24) is 0 Å². The molecule has 0 spiro atoms. The van der Waals surface area contributed by atoms with Crippen molar-refractivity contribution in [3.8, 4) is 0 Å². The Labute approximate surface area is 73.7 Å². The molecule has 0 aromatic rings. The predicted octanol–water partition coefficient (Wildman–Crippen LogP) is 3.01. The van der Waals surface area contributed by atoms with E-state index in [9.17, 15) is 0 Å². The zero-order valence-electron chi connectivity index (χ0n) is 5.74. The Bertz CT molecular complexity index is 20.5. The van der Waals surface area contributed by atoms with Gasteiger partial charge >= 0.3 is 0 Å². The van der Waals surface area contributed by atoms with Crippen molar-refractivity contribution >= 4 is 12.4 Å². The molecule has 0 amide bonds. The number of hydrogen-bond acceptors (Lipinski definition) is 0. The van der Waals surface area contributed by atoms with E-state index in [1.165, 1.54) is 25.7 Å². The summed E-state index contributed by atoms with van der Waals surface area (Å²) in [5, 5.41) is 0. The minimum atomic E-state index is 0. The first kappa shape index (κ1) is 16.0. The molecular formula is C6H15ClTi. The van der Waals surface area contributed by atoms with Gasteiger partial charge < -0.3 is 0 Å². The molecule has 0 aromatic carbocycles. The van der Waals surface area contributed by atoms with Crippen LogP contribution in [-0.4, -0.2) is 0 Å². The molecule has 0 aliphatic heterocycles. The maximum Gasteiger partial charge on any atom is 0 e. The molecule has 0 bridgehead atoms. The first-order chi connectivity index (χ1) is 2.91. The van der Waals surface area contributed by atoms with E-state index in [1.807, 2.05) is 0 Å². The van der Waals surface area contributed by atoms with Gasteiger partial charge in [0.15, 0.2) is 0 Å². The van der Waals surface area contributed by atoms with E-state index < -0.39 is 0 Å². The summed E-state index contributed by atoms with van der Waals surface area (Å²) in [7, 11) is 0. The van der Waals surface area contributed by atoms with E-state index in [1.54, 1.807) is 0 Å². The van der Waals surface area contributed by atoms with Gasteiger partial charge in [-0.1, -0.05) is 39.5 Å². The Balaban J connectivity index is -0.000000125. The largest absolute Gasteiger partial charge is 0.147 e. The van der Waals surface area contributed by atoms with E-state index in [4.69, 9.17) is 0 Å². The summed E-state index contributed by atoms with van der Waals surface area (Å²) >= 11 is 0. The fourth-order valence-corrected chi connectivity index (χ4v) is 0.500. The van der Waals surface area contributed by atoms with Gasteiger partial charge in [-0.25, -0.2) is 0 Å². The second-order valence-electron chi connectivity index (χ2n) is 1.71. The van der Waals surface area contributed by atoms with Crippen LogP contribution in [0.1, 0.15) is 39.5 Å². The van der Waals surface area contributed by atoms with Crippen LogP contribution in [0.25, 0.3) is 0 Å². The first-order valence-corrected chi connectivity index (χ1v) is 2.91. The third kappa shape index (κ3) is 15.7. The molecule has 0 atom stereocenters. The van der Waals surface area contributed by atoms with Gasteiger partial charge in [0.25, 0.3) is 0 Å². The number of halogens is 1. The predicted molar refractivity (Wildman–Crippen MR) is 37.1 cm³/mol. The van der Waals surface area contributed by atoms with Crippen molar-refractivity contribution < 1.29 is 21.7 Å². The molecule has 8 heavy (non-hydrogen) atoms. The molecule has 0 saturated carbocycles. The van der Waals surface area contributed by atoms with Crippen LogP contribution in [0.5, 0.6) is 0 Å².